The second-order valence-corrected chi connectivity index (χ2v) is 3.98. The van der Waals surface area contributed by atoms with Gasteiger partial charge in [0.2, 0.25) is 0 Å². The number of thiophene rings is 1. The van der Waals surface area contributed by atoms with Gasteiger partial charge in [-0.2, -0.15) is 0 Å². The van der Waals surface area contributed by atoms with Crippen molar-refractivity contribution in [3.63, 3.8) is 0 Å². The Hall–Kier alpha value is -0.740. The van der Waals surface area contributed by atoms with Gasteiger partial charge in [0.1, 0.15) is 12.7 Å². The molecule has 4 heteroatoms. The quantitative estimate of drug-likeness (QED) is 0.789. The maximum absolute atomic E-state index is 9.17. The lowest BCUT2D eigenvalue weighted by molar-refractivity contribution is 0.0491. The monoisotopic (exact) mass is 200 g/mol. The predicted octanol–water partition coefficient (Wildman–Crippen LogP) is 1.66. The minimum Gasteiger partial charge on any atom is -0.485 e. The zero-order valence-electron chi connectivity index (χ0n) is 7.40. The molecule has 1 N–H and O–H groups in total. The van der Waals surface area contributed by atoms with Crippen molar-refractivity contribution < 1.29 is 14.6 Å². The molecule has 2 atom stereocenters. The van der Waals surface area contributed by atoms with Crippen LogP contribution in [0.1, 0.15) is 13.3 Å². The van der Waals surface area contributed by atoms with Gasteiger partial charge in [0.05, 0.1) is 6.10 Å². The van der Waals surface area contributed by atoms with Crippen LogP contribution in [0, 0.1) is 0 Å². The molecule has 1 aromatic heterocycles. The molecule has 0 amide bonds. The summed E-state index contributed by atoms with van der Waals surface area (Å²) in [5, 5.41) is 13.0. The van der Waals surface area contributed by atoms with Crippen LogP contribution >= 0.6 is 11.3 Å². The van der Waals surface area contributed by atoms with Crippen molar-refractivity contribution in [3.8, 4) is 11.5 Å². The summed E-state index contributed by atoms with van der Waals surface area (Å²) in [6.45, 7) is 2.29. The number of ether oxygens (including phenoxy) is 2. The number of rotatable bonds is 2. The molecular weight excluding hydrogens is 188 g/mol. The van der Waals surface area contributed by atoms with Crippen LogP contribution in [0.25, 0.3) is 0 Å². The summed E-state index contributed by atoms with van der Waals surface area (Å²) in [7, 11) is 0. The molecule has 1 aliphatic rings. The lowest BCUT2D eigenvalue weighted by Crippen LogP contribution is -2.31. The highest BCUT2D eigenvalue weighted by Crippen LogP contribution is 2.35. The van der Waals surface area contributed by atoms with Gasteiger partial charge >= 0.3 is 0 Å². The Morgan fingerprint density at radius 3 is 3.15 bits per heavy atom. The van der Waals surface area contributed by atoms with Crippen LogP contribution in [0.15, 0.2) is 10.8 Å². The Morgan fingerprint density at radius 1 is 1.62 bits per heavy atom. The number of hydrogen-bond donors (Lipinski definition) is 1. The van der Waals surface area contributed by atoms with Gasteiger partial charge < -0.3 is 14.6 Å². The molecule has 0 spiro atoms. The Bertz CT molecular complexity index is 282. The van der Waals surface area contributed by atoms with Crippen LogP contribution < -0.4 is 9.47 Å². The van der Waals surface area contributed by atoms with Crippen LogP contribution in [-0.4, -0.2) is 23.9 Å². The second kappa shape index (κ2) is 3.55. The first-order valence-corrected chi connectivity index (χ1v) is 5.23. The highest BCUT2D eigenvalue weighted by atomic mass is 32.1. The van der Waals surface area contributed by atoms with E-state index >= 15 is 0 Å². The summed E-state index contributed by atoms with van der Waals surface area (Å²) in [4.78, 5) is 0. The van der Waals surface area contributed by atoms with Crippen molar-refractivity contribution in [2.45, 2.75) is 25.6 Å². The molecule has 13 heavy (non-hydrogen) atoms. The molecule has 3 nitrogen and oxygen atoms in total. The summed E-state index contributed by atoms with van der Waals surface area (Å²) in [5.41, 5.74) is 0. The van der Waals surface area contributed by atoms with Gasteiger partial charge in [-0.25, -0.2) is 0 Å². The summed E-state index contributed by atoms with van der Waals surface area (Å²) in [5.74, 6) is 1.63. The van der Waals surface area contributed by atoms with Crippen LogP contribution in [0.5, 0.6) is 11.5 Å². The highest BCUT2D eigenvalue weighted by molar-refractivity contribution is 7.08. The van der Waals surface area contributed by atoms with Crippen molar-refractivity contribution in [2.75, 3.05) is 6.61 Å². The first-order chi connectivity index (χ1) is 6.25. The lowest BCUT2D eigenvalue weighted by atomic mass is 10.2. The molecule has 0 bridgehead atoms. The molecule has 0 aliphatic carbocycles. The smallest absolute Gasteiger partial charge is 0.172 e. The molecule has 1 aromatic rings. The predicted molar refractivity (Wildman–Crippen MR) is 50.5 cm³/mol. The van der Waals surface area contributed by atoms with E-state index in [4.69, 9.17) is 9.47 Å². The standard InChI is InChI=1S/C9H12O3S/c1-6(10)2-7-3-11-8-4-13-5-9(8)12-7/h4-7,10H,2-3H2,1H3. The third-order valence-corrected chi connectivity index (χ3v) is 2.62. The molecule has 2 rings (SSSR count). The fraction of sp³-hybridized carbons (Fsp3) is 0.556. The highest BCUT2D eigenvalue weighted by Gasteiger charge is 2.22. The average molecular weight is 200 g/mol. The maximum Gasteiger partial charge on any atom is 0.172 e. The van der Waals surface area contributed by atoms with E-state index in [1.54, 1.807) is 18.3 Å². The summed E-state index contributed by atoms with van der Waals surface area (Å²) in [6.07, 6.45) is 0.269. The third kappa shape index (κ3) is 1.95. The van der Waals surface area contributed by atoms with E-state index in [9.17, 15) is 5.11 Å². The van der Waals surface area contributed by atoms with E-state index in [0.717, 1.165) is 11.5 Å². The SMILES string of the molecule is CC(O)CC1COc2cscc2O1. The minimum absolute atomic E-state index is 0.0119. The van der Waals surface area contributed by atoms with E-state index in [1.165, 1.54) is 0 Å². The van der Waals surface area contributed by atoms with E-state index in [0.29, 0.717) is 13.0 Å². The molecule has 2 heterocycles. The zero-order chi connectivity index (χ0) is 9.26. The Labute approximate surface area is 80.9 Å². The van der Waals surface area contributed by atoms with Gasteiger partial charge in [0.25, 0.3) is 0 Å². The van der Waals surface area contributed by atoms with Gasteiger partial charge in [0.15, 0.2) is 11.5 Å². The molecule has 0 fully saturated rings. The third-order valence-electron chi connectivity index (χ3n) is 1.92. The first kappa shape index (κ1) is 8.84. The van der Waals surface area contributed by atoms with Crippen LogP contribution in [0.3, 0.4) is 0 Å². The number of aliphatic hydroxyl groups is 1. The fourth-order valence-corrected chi connectivity index (χ4v) is 2.03. The van der Waals surface area contributed by atoms with E-state index < -0.39 is 0 Å². The Kier molecular flexibility index (Phi) is 2.42. The van der Waals surface area contributed by atoms with Crippen molar-refractivity contribution in [1.82, 2.24) is 0 Å². The molecule has 1 aliphatic heterocycles. The average Bonchev–Trinajstić information content (AvgIpc) is 2.49. The van der Waals surface area contributed by atoms with E-state index in [-0.39, 0.29) is 12.2 Å². The van der Waals surface area contributed by atoms with Crippen molar-refractivity contribution in [1.29, 1.82) is 0 Å². The number of fused-ring (bicyclic) bond motifs is 1. The van der Waals surface area contributed by atoms with Crippen molar-refractivity contribution in [3.05, 3.63) is 10.8 Å². The zero-order valence-corrected chi connectivity index (χ0v) is 8.21. The van der Waals surface area contributed by atoms with Crippen molar-refractivity contribution >= 4 is 11.3 Å². The minimum atomic E-state index is -0.339. The molecule has 0 saturated heterocycles. The molecule has 72 valence electrons. The summed E-state index contributed by atoms with van der Waals surface area (Å²) in [6, 6.07) is 0. The van der Waals surface area contributed by atoms with Gasteiger partial charge in [-0.3, -0.25) is 0 Å². The number of hydrogen-bond acceptors (Lipinski definition) is 4. The summed E-state index contributed by atoms with van der Waals surface area (Å²) < 4.78 is 11.1. The van der Waals surface area contributed by atoms with Crippen LogP contribution in [0.4, 0.5) is 0 Å². The molecule has 0 saturated carbocycles. The van der Waals surface area contributed by atoms with E-state index in [1.807, 2.05) is 10.8 Å². The second-order valence-electron chi connectivity index (χ2n) is 3.24. The van der Waals surface area contributed by atoms with Gasteiger partial charge in [-0.15, -0.1) is 11.3 Å². The van der Waals surface area contributed by atoms with Crippen LogP contribution in [-0.2, 0) is 0 Å². The number of aliphatic hydroxyl groups excluding tert-OH is 1. The molecule has 0 aromatic carbocycles. The summed E-state index contributed by atoms with van der Waals surface area (Å²) >= 11 is 1.56. The lowest BCUT2D eigenvalue weighted by Gasteiger charge is -2.25. The Balaban J connectivity index is 2.00. The Morgan fingerprint density at radius 2 is 2.38 bits per heavy atom. The van der Waals surface area contributed by atoms with Crippen LogP contribution in [0.2, 0.25) is 0 Å². The van der Waals surface area contributed by atoms with Gasteiger partial charge in [0, 0.05) is 17.2 Å². The molecular formula is C9H12O3S. The fourth-order valence-electron chi connectivity index (χ4n) is 1.36. The molecule has 0 radical (unpaired) electrons. The van der Waals surface area contributed by atoms with Crippen molar-refractivity contribution in [2.24, 2.45) is 0 Å². The maximum atomic E-state index is 9.17. The largest absolute Gasteiger partial charge is 0.485 e. The molecule has 2 unspecified atom stereocenters. The normalized spacial score (nSPS) is 22.8. The van der Waals surface area contributed by atoms with Gasteiger partial charge in [-0.05, 0) is 6.92 Å². The van der Waals surface area contributed by atoms with Gasteiger partial charge in [-0.1, -0.05) is 0 Å². The first-order valence-electron chi connectivity index (χ1n) is 4.29. The van der Waals surface area contributed by atoms with E-state index in [2.05, 4.69) is 0 Å². The topological polar surface area (TPSA) is 38.7 Å².